The van der Waals surface area contributed by atoms with Crippen LogP contribution < -0.4 is 5.43 Å². The van der Waals surface area contributed by atoms with Gasteiger partial charge in [-0.3, -0.25) is 15.5 Å². The summed E-state index contributed by atoms with van der Waals surface area (Å²) in [5.41, 5.74) is 4.71. The lowest BCUT2D eigenvalue weighted by Crippen LogP contribution is -2.01. The second kappa shape index (κ2) is 8.68. The highest BCUT2D eigenvalue weighted by molar-refractivity contribution is 6.32. The Kier molecular flexibility index (Phi) is 5.86. The highest BCUT2D eigenvalue weighted by Crippen LogP contribution is 2.24. The van der Waals surface area contributed by atoms with Gasteiger partial charge in [0, 0.05) is 17.7 Å². The van der Waals surface area contributed by atoms with E-state index in [0.717, 1.165) is 5.69 Å². The number of anilines is 1. The maximum absolute atomic E-state index is 10.8. The number of nitro groups is 1. The van der Waals surface area contributed by atoms with Gasteiger partial charge in [-0.15, -0.1) is 10.2 Å². The standard InChI is InChI=1S/C19H14ClN5O2/c20-17-8-4-5-9-18(17)22-24-19(23-21-15-6-2-1-3-7-15)14-10-12-16(13-11-14)25(26)27/h1-13,21H/b23-19-,24-22+. The lowest BCUT2D eigenvalue weighted by Gasteiger charge is -2.03. The number of nitrogens with zero attached hydrogens (tertiary/aromatic N) is 4. The molecule has 0 heterocycles. The van der Waals surface area contributed by atoms with Crippen LogP contribution in [0.1, 0.15) is 5.56 Å². The van der Waals surface area contributed by atoms with Gasteiger partial charge in [-0.2, -0.15) is 5.10 Å². The maximum Gasteiger partial charge on any atom is 0.269 e. The van der Waals surface area contributed by atoms with Crippen molar-refractivity contribution < 1.29 is 4.92 Å². The molecule has 0 radical (unpaired) electrons. The zero-order valence-electron chi connectivity index (χ0n) is 14.0. The van der Waals surface area contributed by atoms with Crippen LogP contribution in [-0.2, 0) is 0 Å². The number of halogens is 1. The van der Waals surface area contributed by atoms with E-state index in [-0.39, 0.29) is 11.5 Å². The minimum Gasteiger partial charge on any atom is -0.276 e. The molecule has 1 N–H and O–H groups in total. The molecular formula is C19H14ClN5O2. The first kappa shape index (κ1) is 18.2. The summed E-state index contributed by atoms with van der Waals surface area (Å²) in [6.45, 7) is 0. The van der Waals surface area contributed by atoms with Gasteiger partial charge in [-0.1, -0.05) is 41.9 Å². The first-order chi connectivity index (χ1) is 13.1. The van der Waals surface area contributed by atoms with Crippen LogP contribution in [0.3, 0.4) is 0 Å². The molecule has 0 saturated heterocycles. The van der Waals surface area contributed by atoms with E-state index < -0.39 is 4.92 Å². The molecule has 7 nitrogen and oxygen atoms in total. The Hall–Kier alpha value is -3.58. The Balaban J connectivity index is 1.93. The molecular weight excluding hydrogens is 366 g/mol. The highest BCUT2D eigenvalue weighted by atomic mass is 35.5. The zero-order chi connectivity index (χ0) is 19.1. The predicted octanol–water partition coefficient (Wildman–Crippen LogP) is 5.81. The number of non-ortho nitro benzene ring substituents is 1. The lowest BCUT2D eigenvalue weighted by molar-refractivity contribution is -0.384. The van der Waals surface area contributed by atoms with Crippen molar-refractivity contribution in [3.8, 4) is 0 Å². The molecule has 0 unspecified atom stereocenters. The Morgan fingerprint density at radius 1 is 0.926 bits per heavy atom. The fourth-order valence-electron chi connectivity index (χ4n) is 2.14. The van der Waals surface area contributed by atoms with E-state index in [1.54, 1.807) is 36.4 Å². The average molecular weight is 380 g/mol. The quantitative estimate of drug-likeness (QED) is 0.199. The smallest absolute Gasteiger partial charge is 0.269 e. The fourth-order valence-corrected chi connectivity index (χ4v) is 2.31. The van der Waals surface area contributed by atoms with Gasteiger partial charge in [0.25, 0.3) is 5.69 Å². The van der Waals surface area contributed by atoms with Crippen molar-refractivity contribution in [3.05, 3.63) is 99.6 Å². The van der Waals surface area contributed by atoms with E-state index in [2.05, 4.69) is 20.8 Å². The SMILES string of the molecule is O=[N+]([O-])c1ccc(C(=N/Nc2ccccc2)/N=N/c2ccccc2Cl)cc1. The number of nitro benzene ring substituents is 1. The van der Waals surface area contributed by atoms with E-state index in [1.165, 1.54) is 12.1 Å². The Labute approximate surface area is 160 Å². The molecule has 0 atom stereocenters. The van der Waals surface area contributed by atoms with Gasteiger partial charge in [0.15, 0.2) is 0 Å². The monoisotopic (exact) mass is 379 g/mol. The molecule has 0 amide bonds. The molecule has 0 fully saturated rings. The van der Waals surface area contributed by atoms with E-state index in [9.17, 15) is 10.1 Å². The zero-order valence-corrected chi connectivity index (χ0v) is 14.7. The number of nitrogens with one attached hydrogen (secondary N) is 1. The van der Waals surface area contributed by atoms with Crippen molar-refractivity contribution in [1.29, 1.82) is 0 Å². The van der Waals surface area contributed by atoms with Crippen LogP contribution in [0.15, 0.2) is 94.2 Å². The average Bonchev–Trinajstić information content (AvgIpc) is 2.70. The van der Waals surface area contributed by atoms with Crippen LogP contribution in [0.4, 0.5) is 17.1 Å². The summed E-state index contributed by atoms with van der Waals surface area (Å²) < 4.78 is 0. The van der Waals surface area contributed by atoms with E-state index in [0.29, 0.717) is 16.3 Å². The number of rotatable bonds is 5. The van der Waals surface area contributed by atoms with Gasteiger partial charge in [0.1, 0.15) is 5.69 Å². The molecule has 0 saturated carbocycles. The van der Waals surface area contributed by atoms with Crippen LogP contribution >= 0.6 is 11.6 Å². The molecule has 0 aliphatic carbocycles. The molecule has 0 spiro atoms. The molecule has 3 rings (SSSR count). The highest BCUT2D eigenvalue weighted by Gasteiger charge is 2.08. The van der Waals surface area contributed by atoms with Crippen molar-refractivity contribution in [2.24, 2.45) is 15.3 Å². The first-order valence-corrected chi connectivity index (χ1v) is 8.31. The number of hydrogen-bond donors (Lipinski definition) is 1. The molecule has 0 aliphatic rings. The molecule has 8 heteroatoms. The summed E-state index contributed by atoms with van der Waals surface area (Å²) >= 11 is 6.10. The summed E-state index contributed by atoms with van der Waals surface area (Å²) in [5, 5.41) is 23.9. The van der Waals surface area contributed by atoms with Crippen molar-refractivity contribution >= 4 is 34.5 Å². The number of azo groups is 1. The van der Waals surface area contributed by atoms with E-state index in [1.807, 2.05) is 30.3 Å². The van der Waals surface area contributed by atoms with Gasteiger partial charge < -0.3 is 0 Å². The van der Waals surface area contributed by atoms with Gasteiger partial charge in [-0.05, 0) is 36.4 Å². The number of hydrazone groups is 1. The fraction of sp³-hybridized carbons (Fsp3) is 0. The van der Waals surface area contributed by atoms with Gasteiger partial charge in [-0.25, -0.2) is 0 Å². The summed E-state index contributed by atoms with van der Waals surface area (Å²) in [5.74, 6) is 0.258. The van der Waals surface area contributed by atoms with Crippen molar-refractivity contribution in [1.82, 2.24) is 0 Å². The molecule has 27 heavy (non-hydrogen) atoms. The molecule has 0 aliphatic heterocycles. The van der Waals surface area contributed by atoms with E-state index in [4.69, 9.17) is 11.6 Å². The van der Waals surface area contributed by atoms with Gasteiger partial charge in [0.05, 0.1) is 15.6 Å². The topological polar surface area (TPSA) is 92.2 Å². The van der Waals surface area contributed by atoms with E-state index >= 15 is 0 Å². The summed E-state index contributed by atoms with van der Waals surface area (Å²) in [4.78, 5) is 10.4. The van der Waals surface area contributed by atoms with Crippen molar-refractivity contribution in [2.75, 3.05) is 5.43 Å². The van der Waals surface area contributed by atoms with Gasteiger partial charge >= 0.3 is 0 Å². The Morgan fingerprint density at radius 2 is 1.59 bits per heavy atom. The largest absolute Gasteiger partial charge is 0.276 e. The number of para-hydroxylation sites is 1. The van der Waals surface area contributed by atoms with Crippen molar-refractivity contribution in [3.63, 3.8) is 0 Å². The lowest BCUT2D eigenvalue weighted by atomic mass is 10.2. The second-order valence-corrected chi connectivity index (χ2v) is 5.78. The number of amidine groups is 1. The number of benzene rings is 3. The Bertz CT molecular complexity index is 988. The summed E-state index contributed by atoms with van der Waals surface area (Å²) in [6.07, 6.45) is 0. The summed E-state index contributed by atoms with van der Waals surface area (Å²) in [7, 11) is 0. The van der Waals surface area contributed by atoms with Crippen LogP contribution in [0.25, 0.3) is 0 Å². The van der Waals surface area contributed by atoms with Gasteiger partial charge in [0.2, 0.25) is 5.84 Å². The summed E-state index contributed by atoms with van der Waals surface area (Å²) in [6, 6.07) is 22.3. The van der Waals surface area contributed by atoms with Crippen LogP contribution in [0.2, 0.25) is 5.02 Å². The second-order valence-electron chi connectivity index (χ2n) is 5.37. The minimum absolute atomic E-state index is 0.0165. The predicted molar refractivity (Wildman–Crippen MR) is 106 cm³/mol. The Morgan fingerprint density at radius 3 is 2.26 bits per heavy atom. The molecule has 3 aromatic rings. The first-order valence-electron chi connectivity index (χ1n) is 7.93. The third kappa shape index (κ3) is 4.96. The molecule has 3 aromatic carbocycles. The molecule has 0 bridgehead atoms. The van der Waals surface area contributed by atoms with Crippen LogP contribution in [0, 0.1) is 10.1 Å². The third-order valence-electron chi connectivity index (χ3n) is 3.51. The van der Waals surface area contributed by atoms with Crippen LogP contribution in [0.5, 0.6) is 0 Å². The molecule has 0 aromatic heterocycles. The third-order valence-corrected chi connectivity index (χ3v) is 3.83. The minimum atomic E-state index is -0.464. The molecule has 134 valence electrons. The normalized spacial score (nSPS) is 11.5. The maximum atomic E-state index is 10.8. The number of hydrogen-bond acceptors (Lipinski definition) is 5. The van der Waals surface area contributed by atoms with Crippen molar-refractivity contribution in [2.45, 2.75) is 0 Å². The van der Waals surface area contributed by atoms with Crippen LogP contribution in [-0.4, -0.2) is 10.8 Å².